The fraction of sp³-hybridized carbons (Fsp3) is 0.0217. The molecule has 9 aromatic rings. The van der Waals surface area contributed by atoms with Gasteiger partial charge >= 0.3 is 0 Å². The maximum atomic E-state index is 6.56. The van der Waals surface area contributed by atoms with Crippen molar-refractivity contribution in [2.75, 3.05) is 4.90 Å². The van der Waals surface area contributed by atoms with Crippen LogP contribution in [0.2, 0.25) is 0 Å². The van der Waals surface area contributed by atoms with Gasteiger partial charge in [-0.1, -0.05) is 115 Å². The van der Waals surface area contributed by atoms with Crippen molar-refractivity contribution in [2.45, 2.75) is 6.42 Å². The van der Waals surface area contributed by atoms with Gasteiger partial charge in [-0.2, -0.15) is 0 Å². The molecule has 0 saturated carbocycles. The zero-order chi connectivity index (χ0) is 32.3. The lowest BCUT2D eigenvalue weighted by Gasteiger charge is -2.27. The number of rotatable bonds is 5. The van der Waals surface area contributed by atoms with Crippen LogP contribution in [0.4, 0.5) is 17.1 Å². The van der Waals surface area contributed by atoms with Crippen LogP contribution < -0.4 is 4.90 Å². The third-order valence-corrected chi connectivity index (χ3v) is 9.89. The van der Waals surface area contributed by atoms with Gasteiger partial charge in [0, 0.05) is 28.0 Å². The molecule has 0 radical (unpaired) electrons. The zero-order valence-corrected chi connectivity index (χ0v) is 26.7. The normalized spacial score (nSPS) is 12.0. The maximum Gasteiger partial charge on any atom is 0.227 e. The van der Waals surface area contributed by atoms with Crippen LogP contribution in [0.3, 0.4) is 0 Å². The van der Waals surface area contributed by atoms with E-state index in [4.69, 9.17) is 9.40 Å². The van der Waals surface area contributed by atoms with Crippen LogP contribution in [-0.4, -0.2) is 4.98 Å². The van der Waals surface area contributed by atoms with Gasteiger partial charge in [0.1, 0.15) is 5.52 Å². The molecule has 1 aromatic heterocycles. The summed E-state index contributed by atoms with van der Waals surface area (Å²) >= 11 is 0. The Hall–Kier alpha value is -6.45. The van der Waals surface area contributed by atoms with E-state index in [0.29, 0.717) is 5.89 Å². The highest BCUT2D eigenvalue weighted by Crippen LogP contribution is 2.44. The molecule has 230 valence electrons. The lowest BCUT2D eigenvalue weighted by Crippen LogP contribution is -2.10. The van der Waals surface area contributed by atoms with Gasteiger partial charge in [-0.25, -0.2) is 4.98 Å². The van der Waals surface area contributed by atoms with Crippen LogP contribution in [0.15, 0.2) is 174 Å². The van der Waals surface area contributed by atoms with Crippen LogP contribution >= 0.6 is 0 Å². The van der Waals surface area contributed by atoms with Crippen LogP contribution in [0.25, 0.3) is 66.4 Å². The largest absolute Gasteiger partial charge is 0.435 e. The molecule has 0 spiro atoms. The lowest BCUT2D eigenvalue weighted by atomic mass is 9.99. The van der Waals surface area contributed by atoms with E-state index in [-0.39, 0.29) is 0 Å². The monoisotopic (exact) mass is 626 g/mol. The summed E-state index contributed by atoms with van der Waals surface area (Å²) in [5.41, 5.74) is 13.7. The Labute approximate surface area is 284 Å². The van der Waals surface area contributed by atoms with E-state index in [1.807, 2.05) is 30.3 Å². The number of fused-ring (bicyclic) bond motifs is 8. The van der Waals surface area contributed by atoms with E-state index in [9.17, 15) is 0 Å². The van der Waals surface area contributed by atoms with Crippen LogP contribution in [0.1, 0.15) is 11.1 Å². The van der Waals surface area contributed by atoms with Crippen molar-refractivity contribution < 1.29 is 4.42 Å². The molecular formula is C46H30N2O. The van der Waals surface area contributed by atoms with Gasteiger partial charge in [0.25, 0.3) is 0 Å². The highest BCUT2D eigenvalue weighted by Gasteiger charge is 2.22. The number of oxazole rings is 1. The van der Waals surface area contributed by atoms with Crippen LogP contribution in [0, 0.1) is 0 Å². The Morgan fingerprint density at radius 3 is 1.92 bits per heavy atom. The molecule has 0 saturated heterocycles. The van der Waals surface area contributed by atoms with Crippen molar-refractivity contribution in [3.63, 3.8) is 0 Å². The summed E-state index contributed by atoms with van der Waals surface area (Å²) in [7, 11) is 0. The summed E-state index contributed by atoms with van der Waals surface area (Å²) in [6, 6.07) is 60.7. The SMILES string of the molecule is c1ccc(-c2ccc(N(c3ccc4c(c3)-c3ccccc3C4)c3ccc4ccc5ccc6nc(-c7ccccc7)oc6c5c4c3)cc2)cc1. The van der Waals surface area contributed by atoms with Gasteiger partial charge in [-0.3, -0.25) is 0 Å². The Morgan fingerprint density at radius 1 is 0.469 bits per heavy atom. The molecule has 1 aliphatic carbocycles. The number of anilines is 3. The minimum absolute atomic E-state index is 0.634. The number of benzene rings is 8. The molecule has 49 heavy (non-hydrogen) atoms. The molecule has 0 N–H and O–H groups in total. The van der Waals surface area contributed by atoms with Crippen LogP contribution in [-0.2, 0) is 6.42 Å². The molecule has 1 heterocycles. The molecule has 3 nitrogen and oxygen atoms in total. The van der Waals surface area contributed by atoms with Crippen molar-refractivity contribution in [3.05, 3.63) is 181 Å². The van der Waals surface area contributed by atoms with Crippen molar-refractivity contribution >= 4 is 49.7 Å². The summed E-state index contributed by atoms with van der Waals surface area (Å²) in [5.74, 6) is 0.634. The minimum atomic E-state index is 0.634. The quantitative estimate of drug-likeness (QED) is 0.178. The van der Waals surface area contributed by atoms with Gasteiger partial charge in [0.15, 0.2) is 5.58 Å². The van der Waals surface area contributed by atoms with Gasteiger partial charge < -0.3 is 9.32 Å². The third kappa shape index (κ3) is 4.62. The Bertz CT molecular complexity index is 2670. The second kappa shape index (κ2) is 11.1. The molecule has 0 bridgehead atoms. The highest BCUT2D eigenvalue weighted by atomic mass is 16.3. The molecule has 0 unspecified atom stereocenters. The predicted octanol–water partition coefficient (Wildman–Crippen LogP) is 12.5. The summed E-state index contributed by atoms with van der Waals surface area (Å²) in [5, 5.41) is 4.49. The van der Waals surface area contributed by atoms with E-state index < -0.39 is 0 Å². The summed E-state index contributed by atoms with van der Waals surface area (Å²) in [6.45, 7) is 0. The topological polar surface area (TPSA) is 29.3 Å². The number of nitrogens with zero attached hydrogens (tertiary/aromatic N) is 2. The Morgan fingerprint density at radius 2 is 1.08 bits per heavy atom. The minimum Gasteiger partial charge on any atom is -0.435 e. The molecule has 3 heteroatoms. The van der Waals surface area contributed by atoms with E-state index >= 15 is 0 Å². The number of hydrogen-bond acceptors (Lipinski definition) is 3. The summed E-state index contributed by atoms with van der Waals surface area (Å²) in [4.78, 5) is 7.28. The molecule has 0 amide bonds. The first-order valence-corrected chi connectivity index (χ1v) is 16.8. The van der Waals surface area contributed by atoms with Gasteiger partial charge in [0.05, 0.1) is 0 Å². The maximum absolute atomic E-state index is 6.56. The van der Waals surface area contributed by atoms with Crippen molar-refractivity contribution in [1.82, 2.24) is 4.98 Å². The second-order valence-electron chi connectivity index (χ2n) is 12.8. The first-order chi connectivity index (χ1) is 24.3. The molecule has 0 aliphatic heterocycles. The zero-order valence-electron chi connectivity index (χ0n) is 26.7. The molecular weight excluding hydrogens is 597 g/mol. The van der Waals surface area contributed by atoms with Crippen molar-refractivity contribution in [1.29, 1.82) is 0 Å². The average Bonchev–Trinajstić information content (AvgIpc) is 3.78. The second-order valence-corrected chi connectivity index (χ2v) is 12.8. The summed E-state index contributed by atoms with van der Waals surface area (Å²) < 4.78 is 6.56. The third-order valence-electron chi connectivity index (χ3n) is 9.89. The number of aromatic nitrogens is 1. The van der Waals surface area contributed by atoms with Gasteiger partial charge in [-0.05, 0) is 111 Å². The van der Waals surface area contributed by atoms with E-state index in [1.54, 1.807) is 0 Å². The Kier molecular flexibility index (Phi) is 6.25. The molecule has 0 fully saturated rings. The average molecular weight is 627 g/mol. The lowest BCUT2D eigenvalue weighted by molar-refractivity contribution is 0.623. The van der Waals surface area contributed by atoms with E-state index in [2.05, 4.69) is 144 Å². The van der Waals surface area contributed by atoms with E-state index in [1.165, 1.54) is 33.4 Å². The van der Waals surface area contributed by atoms with E-state index in [0.717, 1.165) is 61.7 Å². The van der Waals surface area contributed by atoms with Crippen molar-refractivity contribution in [3.8, 4) is 33.7 Å². The Balaban J connectivity index is 1.18. The fourth-order valence-corrected chi connectivity index (χ4v) is 7.48. The molecule has 1 aliphatic rings. The van der Waals surface area contributed by atoms with Gasteiger partial charge in [0.2, 0.25) is 5.89 Å². The molecule has 8 aromatic carbocycles. The first kappa shape index (κ1) is 27.6. The standard InChI is InChI=1S/C46H30N2O/c1-3-9-30(10-4-1)31-17-22-37(23-18-31)48(38-25-20-36-27-35-13-7-8-14-40(35)41(36)28-38)39-24-19-32-15-16-33-21-26-43-45(44(33)42(32)29-39)49-46(47-43)34-11-5-2-6-12-34/h1-26,28-29H,27H2. The van der Waals surface area contributed by atoms with Crippen molar-refractivity contribution in [2.24, 2.45) is 0 Å². The molecule has 10 rings (SSSR count). The number of hydrogen-bond donors (Lipinski definition) is 0. The smallest absolute Gasteiger partial charge is 0.227 e. The highest BCUT2D eigenvalue weighted by molar-refractivity contribution is 6.18. The van der Waals surface area contributed by atoms with Crippen LogP contribution in [0.5, 0.6) is 0 Å². The first-order valence-electron chi connectivity index (χ1n) is 16.8. The predicted molar refractivity (Wildman–Crippen MR) is 203 cm³/mol. The summed E-state index contributed by atoms with van der Waals surface area (Å²) in [6.07, 6.45) is 0.970. The van der Waals surface area contributed by atoms with Gasteiger partial charge in [-0.15, -0.1) is 0 Å². The fourth-order valence-electron chi connectivity index (χ4n) is 7.48. The molecule has 0 atom stereocenters.